The zero-order chi connectivity index (χ0) is 37.8. The third-order valence-electron chi connectivity index (χ3n) is 14.3. The van der Waals surface area contributed by atoms with Crippen LogP contribution in [0.5, 0.6) is 0 Å². The molecule has 0 unspecified atom stereocenters. The maximum absolute atomic E-state index is 12.9. The Hall–Kier alpha value is -3.50. The highest BCUT2D eigenvalue weighted by molar-refractivity contribution is 5.93. The molecule has 4 aliphatic rings. The number of nitrogens with one attached hydrogen (secondary N) is 3. The zero-order valence-electron chi connectivity index (χ0n) is 32.9. The van der Waals surface area contributed by atoms with Crippen LogP contribution in [0, 0.1) is 56.5 Å². The van der Waals surface area contributed by atoms with Gasteiger partial charge in [-0.1, -0.05) is 72.0 Å². The molecule has 4 aliphatic carbocycles. The summed E-state index contributed by atoms with van der Waals surface area (Å²) in [5.74, 6) is 4.96. The van der Waals surface area contributed by atoms with Crippen LogP contribution in [0.3, 0.4) is 0 Å². The summed E-state index contributed by atoms with van der Waals surface area (Å²) >= 11 is 0. The number of allylic oxidation sites excluding steroid dienone is 1. The molecular weight excluding hydrogens is 668 g/mol. The van der Waals surface area contributed by atoms with Gasteiger partial charge in [0.05, 0.1) is 10.6 Å². The van der Waals surface area contributed by atoms with Crippen LogP contribution in [-0.4, -0.2) is 46.2 Å². The Morgan fingerprint density at radius 3 is 2.53 bits per heavy atom. The SMILES string of the molecule is CC(C)CCC[C@@H](C)[C@H]1CC[C@H]2[C@@H]3CC=C4C[C@@H](NC(=O)CCNC(=O)CCCCCNc5ccc([N+](=O)[O-])c6nonc56)CC[C@]4(C)[C@H]3CC[C@]12C. The number of benzene rings is 1. The number of hydrogen-bond acceptors (Lipinski definition) is 8. The van der Waals surface area contributed by atoms with E-state index < -0.39 is 4.92 Å². The molecule has 0 bridgehead atoms. The first kappa shape index (κ1) is 39.2. The fraction of sp³-hybridized carbons (Fsp3) is 0.762. The van der Waals surface area contributed by atoms with Crippen molar-refractivity contribution in [2.75, 3.05) is 18.4 Å². The molecule has 53 heavy (non-hydrogen) atoms. The fourth-order valence-corrected chi connectivity index (χ4v) is 11.5. The van der Waals surface area contributed by atoms with Crippen molar-refractivity contribution in [3.05, 3.63) is 33.9 Å². The topological polar surface area (TPSA) is 152 Å². The molecule has 3 fully saturated rings. The predicted octanol–water partition coefficient (Wildman–Crippen LogP) is 9.14. The highest BCUT2D eigenvalue weighted by Crippen LogP contribution is 2.67. The van der Waals surface area contributed by atoms with E-state index in [4.69, 9.17) is 4.63 Å². The number of non-ortho nitro benzene ring substituents is 1. The van der Waals surface area contributed by atoms with Crippen LogP contribution in [0.1, 0.15) is 137 Å². The number of hydrogen-bond donors (Lipinski definition) is 3. The van der Waals surface area contributed by atoms with E-state index in [0.717, 1.165) is 74.0 Å². The first-order valence-corrected chi connectivity index (χ1v) is 20.8. The molecule has 0 aliphatic heterocycles. The van der Waals surface area contributed by atoms with Crippen molar-refractivity contribution in [3.8, 4) is 0 Å². The van der Waals surface area contributed by atoms with Gasteiger partial charge in [-0.15, -0.1) is 0 Å². The first-order valence-electron chi connectivity index (χ1n) is 20.8. The number of carbonyl (C=O) groups is 2. The first-order chi connectivity index (χ1) is 25.4. The second kappa shape index (κ2) is 16.9. The lowest BCUT2D eigenvalue weighted by molar-refractivity contribution is -0.383. The van der Waals surface area contributed by atoms with Crippen molar-refractivity contribution in [1.29, 1.82) is 0 Å². The predicted molar refractivity (Wildman–Crippen MR) is 208 cm³/mol. The monoisotopic (exact) mass is 732 g/mol. The fourth-order valence-electron chi connectivity index (χ4n) is 11.5. The van der Waals surface area contributed by atoms with E-state index in [1.165, 1.54) is 57.4 Å². The molecule has 6 rings (SSSR count). The van der Waals surface area contributed by atoms with E-state index in [2.05, 4.69) is 67.0 Å². The van der Waals surface area contributed by atoms with E-state index in [1.54, 1.807) is 11.6 Å². The Kier molecular flexibility index (Phi) is 12.5. The van der Waals surface area contributed by atoms with Crippen molar-refractivity contribution in [3.63, 3.8) is 0 Å². The summed E-state index contributed by atoms with van der Waals surface area (Å²) in [6.07, 6.45) is 19.8. The molecule has 2 amide bonds. The minimum Gasteiger partial charge on any atom is -0.383 e. The second-order valence-corrected chi connectivity index (χ2v) is 18.0. The number of nitro groups is 1. The largest absolute Gasteiger partial charge is 0.383 e. The molecule has 2 aromatic rings. The highest BCUT2D eigenvalue weighted by Gasteiger charge is 2.59. The van der Waals surface area contributed by atoms with Gasteiger partial charge < -0.3 is 16.0 Å². The minimum absolute atomic E-state index is 0.0230. The third-order valence-corrected chi connectivity index (χ3v) is 14.3. The average molecular weight is 733 g/mol. The number of rotatable bonds is 17. The van der Waals surface area contributed by atoms with E-state index >= 15 is 0 Å². The summed E-state index contributed by atoms with van der Waals surface area (Å²) in [6.45, 7) is 13.5. The summed E-state index contributed by atoms with van der Waals surface area (Å²) in [6, 6.07) is 3.17. The van der Waals surface area contributed by atoms with Gasteiger partial charge in [0.2, 0.25) is 17.3 Å². The van der Waals surface area contributed by atoms with Crippen LogP contribution in [0.25, 0.3) is 11.0 Å². The summed E-state index contributed by atoms with van der Waals surface area (Å²) < 4.78 is 4.71. The van der Waals surface area contributed by atoms with Crippen molar-refractivity contribution in [1.82, 2.24) is 20.9 Å². The maximum Gasteiger partial charge on any atom is 0.300 e. The second-order valence-electron chi connectivity index (χ2n) is 18.0. The van der Waals surface area contributed by atoms with Gasteiger partial charge in [0.15, 0.2) is 5.52 Å². The molecule has 1 heterocycles. The van der Waals surface area contributed by atoms with Crippen molar-refractivity contribution in [2.24, 2.45) is 46.3 Å². The van der Waals surface area contributed by atoms with E-state index in [0.29, 0.717) is 42.6 Å². The number of anilines is 1. The lowest BCUT2D eigenvalue weighted by atomic mass is 9.47. The van der Waals surface area contributed by atoms with Gasteiger partial charge in [-0.2, -0.15) is 0 Å². The van der Waals surface area contributed by atoms with Crippen molar-refractivity contribution >= 4 is 34.2 Å². The molecule has 0 spiro atoms. The smallest absolute Gasteiger partial charge is 0.300 e. The molecule has 11 nitrogen and oxygen atoms in total. The molecule has 3 N–H and O–H groups in total. The van der Waals surface area contributed by atoms with Crippen LogP contribution in [0.15, 0.2) is 28.4 Å². The molecule has 1 aromatic heterocycles. The quantitative estimate of drug-likeness (QED) is 0.0630. The van der Waals surface area contributed by atoms with Crippen LogP contribution >= 0.6 is 0 Å². The normalized spacial score (nSPS) is 29.8. The molecular formula is C42H64N6O5. The van der Waals surface area contributed by atoms with E-state index in [1.807, 2.05) is 0 Å². The van der Waals surface area contributed by atoms with Crippen molar-refractivity contribution < 1.29 is 19.1 Å². The summed E-state index contributed by atoms with van der Waals surface area (Å²) in [5, 5.41) is 28.1. The van der Waals surface area contributed by atoms with Crippen LogP contribution in [-0.2, 0) is 9.59 Å². The Morgan fingerprint density at radius 1 is 0.925 bits per heavy atom. The molecule has 0 radical (unpaired) electrons. The Labute approximate surface area is 315 Å². The third kappa shape index (κ3) is 8.59. The maximum atomic E-state index is 12.9. The summed E-state index contributed by atoms with van der Waals surface area (Å²) in [7, 11) is 0. The van der Waals surface area contributed by atoms with Gasteiger partial charge in [0, 0.05) is 38.0 Å². The number of nitro benzene ring substituents is 1. The number of carbonyl (C=O) groups excluding carboxylic acids is 2. The van der Waals surface area contributed by atoms with E-state index in [9.17, 15) is 19.7 Å². The minimum atomic E-state index is -0.509. The molecule has 0 saturated heterocycles. The Balaban J connectivity index is 0.878. The average Bonchev–Trinajstić information content (AvgIpc) is 3.75. The highest BCUT2D eigenvalue weighted by atomic mass is 16.6. The van der Waals surface area contributed by atoms with Crippen molar-refractivity contribution in [2.45, 2.75) is 143 Å². The van der Waals surface area contributed by atoms with Crippen LogP contribution in [0.2, 0.25) is 0 Å². The standard InChI is InChI=1S/C42H64N6O5/c1-27(2)10-9-11-28(3)32-15-16-33-31-14-13-29-26-30(19-22-41(29,4)34(31)20-23-42(32,33)5)45-38(50)21-25-44-37(49)12-7-6-8-24-43-35-17-18-36(48(51)52)40-39(35)46-53-47-40/h13,17-18,27-28,30-34,43H,6-12,14-16,19-26H2,1-5H3,(H,44,49)(H,45,50)/t28-,30+,31+,32-,33+,34+,41+,42-/m1/s1. The number of fused-ring (bicyclic) bond motifs is 6. The summed E-state index contributed by atoms with van der Waals surface area (Å²) in [4.78, 5) is 36.0. The zero-order valence-corrected chi connectivity index (χ0v) is 32.9. The van der Waals surface area contributed by atoms with Gasteiger partial charge in [0.1, 0.15) is 0 Å². The number of amides is 2. The Bertz CT molecular complexity index is 1640. The summed E-state index contributed by atoms with van der Waals surface area (Å²) in [5.41, 5.74) is 3.29. The Morgan fingerprint density at radius 2 is 1.74 bits per heavy atom. The van der Waals surface area contributed by atoms with Gasteiger partial charge in [-0.05, 0) is 127 Å². The molecule has 3 saturated carbocycles. The molecule has 1 aromatic carbocycles. The molecule has 292 valence electrons. The molecule has 8 atom stereocenters. The molecule has 11 heteroatoms. The van der Waals surface area contributed by atoms with Gasteiger partial charge in [0.25, 0.3) is 0 Å². The van der Waals surface area contributed by atoms with E-state index in [-0.39, 0.29) is 34.5 Å². The van der Waals surface area contributed by atoms with Gasteiger partial charge in [-0.25, -0.2) is 4.63 Å². The van der Waals surface area contributed by atoms with Gasteiger partial charge >= 0.3 is 5.69 Å². The number of nitrogens with zero attached hydrogens (tertiary/aromatic N) is 3. The van der Waals surface area contributed by atoms with Crippen LogP contribution < -0.4 is 16.0 Å². The van der Waals surface area contributed by atoms with Gasteiger partial charge in [-0.3, -0.25) is 19.7 Å². The lowest BCUT2D eigenvalue weighted by Gasteiger charge is -2.58. The number of unbranched alkanes of at least 4 members (excludes halogenated alkanes) is 2. The number of aromatic nitrogens is 2. The van der Waals surface area contributed by atoms with Crippen LogP contribution in [0.4, 0.5) is 11.4 Å². The lowest BCUT2D eigenvalue weighted by Crippen LogP contribution is -2.52.